The van der Waals surface area contributed by atoms with E-state index in [0.29, 0.717) is 0 Å². The minimum atomic E-state index is -0.889. The van der Waals surface area contributed by atoms with Crippen LogP contribution < -0.4 is 0 Å². The monoisotopic (exact) mass is 162 g/mol. The highest BCUT2D eigenvalue weighted by Crippen LogP contribution is 1.84. The first-order valence-corrected chi connectivity index (χ1v) is 2.85. The summed E-state index contributed by atoms with van der Waals surface area (Å²) in [5.74, 6) is 0.722. The third-order valence-corrected chi connectivity index (χ3v) is 0. The summed E-state index contributed by atoms with van der Waals surface area (Å²) in [6.45, 7) is 1.89. The van der Waals surface area contributed by atoms with Crippen LogP contribution >= 0.6 is 34.8 Å². The summed E-state index contributed by atoms with van der Waals surface area (Å²) in [5, 5.41) is 0. The van der Waals surface area contributed by atoms with Crippen molar-refractivity contribution in [2.75, 3.05) is 5.88 Å². The van der Waals surface area contributed by atoms with Crippen molar-refractivity contribution < 1.29 is 4.79 Å². The molecule has 0 heterocycles. The van der Waals surface area contributed by atoms with Crippen LogP contribution in [0.3, 0.4) is 0 Å². The van der Waals surface area contributed by atoms with E-state index in [1.165, 1.54) is 0 Å². The van der Waals surface area contributed by atoms with Crippen LogP contribution in [0.2, 0.25) is 0 Å². The molecule has 0 radical (unpaired) electrons. The summed E-state index contributed by atoms with van der Waals surface area (Å²) in [4.78, 5) is 8.98. The maximum atomic E-state index is 8.98. The summed E-state index contributed by atoms with van der Waals surface area (Å²) in [6.07, 6.45) is 0. The number of halogens is 3. The lowest BCUT2D eigenvalue weighted by Gasteiger charge is -1.48. The zero-order valence-corrected chi connectivity index (χ0v) is 6.02. The van der Waals surface area contributed by atoms with Gasteiger partial charge in [-0.3, -0.25) is 4.79 Å². The molecule has 7 heavy (non-hydrogen) atoms. The van der Waals surface area contributed by atoms with E-state index >= 15 is 0 Å². The molecule has 0 aliphatic carbocycles. The highest BCUT2D eigenvalue weighted by Gasteiger charge is 1.72. The maximum absolute atomic E-state index is 8.98. The van der Waals surface area contributed by atoms with Crippen LogP contribution in [0.25, 0.3) is 0 Å². The van der Waals surface area contributed by atoms with Gasteiger partial charge in [0.1, 0.15) is 0 Å². The van der Waals surface area contributed by atoms with Crippen LogP contribution in [0.1, 0.15) is 6.92 Å². The van der Waals surface area contributed by atoms with Gasteiger partial charge in [-0.2, -0.15) is 0 Å². The average Bonchev–Trinajstić information content (AvgIpc) is 1.33. The molecule has 4 heteroatoms. The van der Waals surface area contributed by atoms with E-state index in [-0.39, 0.29) is 0 Å². The van der Waals surface area contributed by atoms with Crippen molar-refractivity contribution in [1.29, 1.82) is 0 Å². The van der Waals surface area contributed by atoms with E-state index < -0.39 is 4.70 Å². The standard InChI is InChI=1S/C2H5Cl.CCl2O/c1-2-3;2-1(3)4/h2H2,1H3;. The Balaban J connectivity index is 0. The van der Waals surface area contributed by atoms with Crippen LogP contribution in [0.5, 0.6) is 0 Å². The summed E-state index contributed by atoms with van der Waals surface area (Å²) in [6, 6.07) is 0. The second-order valence-electron chi connectivity index (χ2n) is 0.493. The van der Waals surface area contributed by atoms with Gasteiger partial charge in [-0.25, -0.2) is 0 Å². The lowest BCUT2D eigenvalue weighted by atomic mass is 11.0. The summed E-state index contributed by atoms with van der Waals surface area (Å²) in [7, 11) is 0. The fourth-order valence-electron chi connectivity index (χ4n) is 0. The number of carbonyl (C=O) groups excluding carboxylic acids is 1. The Bertz CT molecular complexity index is 41.4. The molecule has 0 aliphatic rings. The predicted molar refractivity (Wildman–Crippen MR) is 33.5 cm³/mol. The Morgan fingerprint density at radius 3 is 1.57 bits per heavy atom. The summed E-state index contributed by atoms with van der Waals surface area (Å²) >= 11 is 13.8. The van der Waals surface area contributed by atoms with Crippen LogP contribution in [0, 0.1) is 0 Å². The minimum absolute atomic E-state index is 0.722. The van der Waals surface area contributed by atoms with E-state index in [4.69, 9.17) is 16.4 Å². The second kappa shape index (κ2) is 9.74. The highest BCUT2D eigenvalue weighted by atomic mass is 35.5. The van der Waals surface area contributed by atoms with Crippen molar-refractivity contribution in [3.05, 3.63) is 0 Å². The Morgan fingerprint density at radius 1 is 1.57 bits per heavy atom. The van der Waals surface area contributed by atoms with Gasteiger partial charge >= 0.3 is 4.70 Å². The van der Waals surface area contributed by atoms with E-state index in [1.807, 2.05) is 6.92 Å². The van der Waals surface area contributed by atoms with Gasteiger partial charge in [0, 0.05) is 5.88 Å². The molecule has 0 aliphatic heterocycles. The maximum Gasteiger partial charge on any atom is 0.313 e. The molecule has 0 rings (SSSR count). The van der Waals surface area contributed by atoms with Gasteiger partial charge in [-0.05, 0) is 23.2 Å². The van der Waals surface area contributed by atoms with Crippen LogP contribution in [0.15, 0.2) is 0 Å². The smallest absolute Gasteiger partial charge is 0.262 e. The van der Waals surface area contributed by atoms with Crippen LogP contribution in [-0.4, -0.2) is 10.6 Å². The number of hydrogen-bond donors (Lipinski definition) is 0. The van der Waals surface area contributed by atoms with Crippen molar-refractivity contribution in [2.45, 2.75) is 6.92 Å². The van der Waals surface area contributed by atoms with Crippen LogP contribution in [0.4, 0.5) is 4.79 Å². The quantitative estimate of drug-likeness (QED) is 0.396. The Labute approximate surface area is 57.5 Å². The number of carbonyl (C=O) groups is 1. The van der Waals surface area contributed by atoms with Gasteiger partial charge < -0.3 is 0 Å². The lowest BCUT2D eigenvalue weighted by Crippen LogP contribution is -1.46. The van der Waals surface area contributed by atoms with Gasteiger partial charge in [-0.1, -0.05) is 6.92 Å². The van der Waals surface area contributed by atoms with E-state index in [2.05, 4.69) is 23.2 Å². The molecule has 0 aromatic heterocycles. The molecule has 0 aromatic rings. The number of alkyl halides is 1. The zero-order valence-electron chi connectivity index (χ0n) is 3.75. The Morgan fingerprint density at radius 2 is 1.57 bits per heavy atom. The lowest BCUT2D eigenvalue weighted by molar-refractivity contribution is 0.275. The van der Waals surface area contributed by atoms with Gasteiger partial charge in [0.05, 0.1) is 0 Å². The molecule has 0 saturated carbocycles. The van der Waals surface area contributed by atoms with Crippen molar-refractivity contribution >= 4 is 39.5 Å². The largest absolute Gasteiger partial charge is 0.313 e. The fraction of sp³-hybridized carbons (Fsp3) is 0.667. The number of rotatable bonds is 0. The van der Waals surface area contributed by atoms with Gasteiger partial charge in [0.25, 0.3) is 0 Å². The Kier molecular flexibility index (Phi) is 14.6. The summed E-state index contributed by atoms with van der Waals surface area (Å²) < 4.78 is -0.889. The topological polar surface area (TPSA) is 17.1 Å². The van der Waals surface area contributed by atoms with E-state index in [0.717, 1.165) is 5.88 Å². The molecule has 0 fully saturated rings. The minimum Gasteiger partial charge on any atom is -0.262 e. The normalized spacial score (nSPS) is 6.29. The number of hydrogen-bond acceptors (Lipinski definition) is 1. The van der Waals surface area contributed by atoms with Crippen molar-refractivity contribution in [1.82, 2.24) is 0 Å². The van der Waals surface area contributed by atoms with Gasteiger partial charge in [0.2, 0.25) is 0 Å². The first-order chi connectivity index (χ1) is 3.15. The molecule has 0 saturated heterocycles. The van der Waals surface area contributed by atoms with Gasteiger partial charge in [0.15, 0.2) is 0 Å². The molecule has 0 atom stereocenters. The molecule has 0 bridgehead atoms. The predicted octanol–water partition coefficient (Wildman–Crippen LogP) is 2.83. The average molecular weight is 163 g/mol. The molecule has 44 valence electrons. The van der Waals surface area contributed by atoms with E-state index in [1.54, 1.807) is 0 Å². The third-order valence-electron chi connectivity index (χ3n) is 0. The van der Waals surface area contributed by atoms with Crippen molar-refractivity contribution in [3.8, 4) is 0 Å². The van der Waals surface area contributed by atoms with Crippen molar-refractivity contribution in [3.63, 3.8) is 0 Å². The SMILES string of the molecule is CCCl.O=C(Cl)Cl. The highest BCUT2D eigenvalue weighted by molar-refractivity contribution is 6.93. The zero-order chi connectivity index (χ0) is 6.28. The Hall–Kier alpha value is 0.540. The third kappa shape index (κ3) is 462. The molecule has 1 nitrogen and oxygen atoms in total. The van der Waals surface area contributed by atoms with E-state index in [9.17, 15) is 0 Å². The first-order valence-electron chi connectivity index (χ1n) is 1.56. The molecule has 0 amide bonds. The fourth-order valence-corrected chi connectivity index (χ4v) is 0. The molecule has 0 spiro atoms. The summed E-state index contributed by atoms with van der Waals surface area (Å²) in [5.41, 5.74) is 0. The van der Waals surface area contributed by atoms with Crippen molar-refractivity contribution in [2.24, 2.45) is 0 Å². The van der Waals surface area contributed by atoms with Gasteiger partial charge in [-0.15, -0.1) is 11.6 Å². The molecule has 0 aromatic carbocycles. The molecule has 0 N–H and O–H groups in total. The second-order valence-corrected chi connectivity index (χ2v) is 1.91. The molecule has 0 unspecified atom stereocenters. The first kappa shape index (κ1) is 10.5. The van der Waals surface area contributed by atoms with Crippen LogP contribution in [-0.2, 0) is 0 Å². The molecular formula is C3H5Cl3O. The molecular weight excluding hydrogens is 158 g/mol.